The molecule has 0 aliphatic heterocycles. The molecule has 0 fully saturated rings. The van der Waals surface area contributed by atoms with Crippen LogP contribution in [0.4, 0.5) is 0 Å². The van der Waals surface area contributed by atoms with Gasteiger partial charge in [0.1, 0.15) is 12.4 Å². The molecule has 19 heavy (non-hydrogen) atoms. The van der Waals surface area contributed by atoms with Gasteiger partial charge in [-0.15, -0.1) is 0 Å². The van der Waals surface area contributed by atoms with E-state index >= 15 is 0 Å². The van der Waals surface area contributed by atoms with Crippen LogP contribution >= 0.6 is 0 Å². The second-order valence-corrected chi connectivity index (χ2v) is 5.00. The fourth-order valence-electron chi connectivity index (χ4n) is 2.07. The summed E-state index contributed by atoms with van der Waals surface area (Å²) in [5.41, 5.74) is 10.2. The van der Waals surface area contributed by atoms with Gasteiger partial charge in [-0.05, 0) is 44.0 Å². The second-order valence-electron chi connectivity index (χ2n) is 5.00. The van der Waals surface area contributed by atoms with Gasteiger partial charge in [0, 0.05) is 13.1 Å². The summed E-state index contributed by atoms with van der Waals surface area (Å²) in [6.45, 7) is 6.52. The van der Waals surface area contributed by atoms with Crippen LogP contribution in [0.3, 0.4) is 0 Å². The first-order valence-electron chi connectivity index (χ1n) is 6.46. The predicted octanol–water partition coefficient (Wildman–Crippen LogP) is 2.64. The van der Waals surface area contributed by atoms with Gasteiger partial charge in [0.25, 0.3) is 0 Å². The topological polar surface area (TPSA) is 53.1 Å². The number of nitrogens with two attached hydrogens (primary N) is 1. The van der Waals surface area contributed by atoms with Crippen LogP contribution in [0.15, 0.2) is 24.3 Å². The van der Waals surface area contributed by atoms with Gasteiger partial charge in [-0.1, -0.05) is 12.1 Å². The number of aryl methyl sites for hydroxylation is 3. The molecule has 1 aromatic carbocycles. The van der Waals surface area contributed by atoms with Crippen molar-refractivity contribution in [1.29, 1.82) is 0 Å². The molecule has 0 saturated heterocycles. The van der Waals surface area contributed by atoms with Gasteiger partial charge in [0.05, 0.1) is 11.4 Å². The molecule has 0 radical (unpaired) electrons. The quantitative estimate of drug-likeness (QED) is 0.918. The minimum absolute atomic E-state index is 0.0486. The fourth-order valence-corrected chi connectivity index (χ4v) is 2.07. The summed E-state index contributed by atoms with van der Waals surface area (Å²) in [5.74, 6) is 0.892. The van der Waals surface area contributed by atoms with Gasteiger partial charge < -0.3 is 10.5 Å². The Morgan fingerprint density at radius 3 is 2.58 bits per heavy atom. The van der Waals surface area contributed by atoms with Crippen molar-refractivity contribution in [2.45, 2.75) is 33.4 Å². The van der Waals surface area contributed by atoms with Crippen molar-refractivity contribution in [1.82, 2.24) is 9.78 Å². The molecule has 2 aromatic rings. The Morgan fingerprint density at radius 1 is 1.32 bits per heavy atom. The standard InChI is InChI=1S/C15H21N3O/c1-10-7-13(12(3)16)5-6-15(10)19-9-14-8-11(2)17-18(14)4/h5-8,12H,9,16H2,1-4H3/t12-/m1/s1. The highest BCUT2D eigenvalue weighted by Crippen LogP contribution is 2.22. The summed E-state index contributed by atoms with van der Waals surface area (Å²) in [6, 6.07) is 8.16. The number of benzene rings is 1. The normalized spacial score (nSPS) is 12.5. The maximum atomic E-state index is 5.87. The van der Waals surface area contributed by atoms with Crippen LogP contribution in [0.5, 0.6) is 5.75 Å². The molecule has 1 heterocycles. The van der Waals surface area contributed by atoms with Gasteiger partial charge in [0.15, 0.2) is 0 Å². The zero-order valence-electron chi connectivity index (χ0n) is 12.0. The third kappa shape index (κ3) is 3.15. The Hall–Kier alpha value is -1.81. The van der Waals surface area contributed by atoms with Crippen LogP contribution in [-0.2, 0) is 13.7 Å². The maximum absolute atomic E-state index is 5.87. The van der Waals surface area contributed by atoms with Crippen LogP contribution in [0.25, 0.3) is 0 Å². The molecule has 4 heteroatoms. The van der Waals surface area contributed by atoms with Gasteiger partial charge in [-0.2, -0.15) is 5.10 Å². The van der Waals surface area contributed by atoms with Gasteiger partial charge in [-0.25, -0.2) is 0 Å². The maximum Gasteiger partial charge on any atom is 0.130 e. The predicted molar refractivity (Wildman–Crippen MR) is 76.1 cm³/mol. The summed E-state index contributed by atoms with van der Waals surface area (Å²) in [5, 5.41) is 4.30. The highest BCUT2D eigenvalue weighted by atomic mass is 16.5. The van der Waals surface area contributed by atoms with E-state index in [0.717, 1.165) is 28.3 Å². The third-order valence-electron chi connectivity index (χ3n) is 3.20. The molecule has 1 atom stereocenters. The highest BCUT2D eigenvalue weighted by Gasteiger charge is 2.07. The first-order chi connectivity index (χ1) is 8.97. The van der Waals surface area contributed by atoms with E-state index in [1.165, 1.54) is 0 Å². The first kappa shape index (κ1) is 13.6. The Morgan fingerprint density at radius 2 is 2.05 bits per heavy atom. The van der Waals surface area contributed by atoms with Crippen molar-refractivity contribution < 1.29 is 4.74 Å². The SMILES string of the molecule is Cc1cc(COc2ccc([C@@H](C)N)cc2C)n(C)n1. The van der Waals surface area contributed by atoms with E-state index in [2.05, 4.69) is 11.2 Å². The molecule has 0 aliphatic carbocycles. The summed E-state index contributed by atoms with van der Waals surface area (Å²) >= 11 is 0. The molecule has 0 amide bonds. The lowest BCUT2D eigenvalue weighted by Crippen LogP contribution is -2.06. The minimum atomic E-state index is 0.0486. The Bertz CT molecular complexity index is 573. The van der Waals surface area contributed by atoms with Crippen molar-refractivity contribution in [3.63, 3.8) is 0 Å². The first-order valence-corrected chi connectivity index (χ1v) is 6.46. The van der Waals surface area contributed by atoms with Crippen molar-refractivity contribution in [2.24, 2.45) is 12.8 Å². The fraction of sp³-hybridized carbons (Fsp3) is 0.400. The molecule has 0 saturated carbocycles. The van der Waals surface area contributed by atoms with E-state index < -0.39 is 0 Å². The van der Waals surface area contributed by atoms with Crippen molar-refractivity contribution >= 4 is 0 Å². The molecule has 0 aliphatic rings. The second kappa shape index (κ2) is 5.45. The molecule has 1 aromatic heterocycles. The van der Waals surface area contributed by atoms with E-state index in [1.807, 2.05) is 50.7 Å². The molecule has 2 N–H and O–H groups in total. The van der Waals surface area contributed by atoms with Gasteiger partial charge >= 0.3 is 0 Å². The van der Waals surface area contributed by atoms with Crippen LogP contribution in [0.1, 0.15) is 35.5 Å². The smallest absolute Gasteiger partial charge is 0.130 e. The Kier molecular flexibility index (Phi) is 3.90. The van der Waals surface area contributed by atoms with Gasteiger partial charge in [-0.3, -0.25) is 4.68 Å². The molecule has 102 valence electrons. The molecule has 0 spiro atoms. The van der Waals surface area contributed by atoms with Crippen LogP contribution in [0.2, 0.25) is 0 Å². The van der Waals surface area contributed by atoms with Crippen LogP contribution < -0.4 is 10.5 Å². The molecular weight excluding hydrogens is 238 g/mol. The average molecular weight is 259 g/mol. The molecule has 2 rings (SSSR count). The van der Waals surface area contributed by atoms with E-state index in [1.54, 1.807) is 0 Å². The van der Waals surface area contributed by atoms with E-state index in [0.29, 0.717) is 6.61 Å². The summed E-state index contributed by atoms with van der Waals surface area (Å²) < 4.78 is 7.70. The number of aromatic nitrogens is 2. The van der Waals surface area contributed by atoms with E-state index in [4.69, 9.17) is 10.5 Å². The van der Waals surface area contributed by atoms with Crippen LogP contribution in [-0.4, -0.2) is 9.78 Å². The number of hydrogen-bond donors (Lipinski definition) is 1. The lowest BCUT2D eigenvalue weighted by Gasteiger charge is -2.12. The van der Waals surface area contributed by atoms with Crippen molar-refractivity contribution in [3.8, 4) is 5.75 Å². The lowest BCUT2D eigenvalue weighted by molar-refractivity contribution is 0.293. The average Bonchev–Trinajstić information content (AvgIpc) is 2.66. The van der Waals surface area contributed by atoms with E-state index in [-0.39, 0.29) is 6.04 Å². The number of hydrogen-bond acceptors (Lipinski definition) is 3. The largest absolute Gasteiger partial charge is 0.487 e. The summed E-state index contributed by atoms with van der Waals surface area (Å²) in [6.07, 6.45) is 0. The van der Waals surface area contributed by atoms with Crippen molar-refractivity contribution in [3.05, 3.63) is 46.8 Å². The zero-order valence-corrected chi connectivity index (χ0v) is 12.0. The Labute approximate surface area is 114 Å². The molecule has 0 bridgehead atoms. The molecular formula is C15H21N3O. The molecule has 4 nitrogen and oxygen atoms in total. The zero-order chi connectivity index (χ0) is 14.0. The Balaban J connectivity index is 2.10. The molecule has 0 unspecified atom stereocenters. The van der Waals surface area contributed by atoms with Crippen molar-refractivity contribution in [2.75, 3.05) is 0 Å². The number of nitrogens with zero attached hydrogens (tertiary/aromatic N) is 2. The third-order valence-corrected chi connectivity index (χ3v) is 3.20. The minimum Gasteiger partial charge on any atom is -0.487 e. The highest BCUT2D eigenvalue weighted by molar-refractivity contribution is 5.37. The number of rotatable bonds is 4. The van der Waals surface area contributed by atoms with E-state index in [9.17, 15) is 0 Å². The van der Waals surface area contributed by atoms with Crippen LogP contribution in [0, 0.1) is 13.8 Å². The summed E-state index contributed by atoms with van der Waals surface area (Å²) in [4.78, 5) is 0. The lowest BCUT2D eigenvalue weighted by atomic mass is 10.1. The van der Waals surface area contributed by atoms with Gasteiger partial charge in [0.2, 0.25) is 0 Å². The summed E-state index contributed by atoms with van der Waals surface area (Å²) in [7, 11) is 1.93. The number of ether oxygens (including phenoxy) is 1. The monoisotopic (exact) mass is 259 g/mol.